The molecule has 12 nitrogen and oxygen atoms in total. The minimum atomic E-state index is -1.35. The summed E-state index contributed by atoms with van der Waals surface area (Å²) in [6, 6.07) is 31.5. The topological polar surface area (TPSA) is 183 Å². The molecule has 0 fully saturated rings. The van der Waals surface area contributed by atoms with E-state index in [-0.39, 0.29) is 38.5 Å². The molecule has 4 aromatic carbocycles. The zero-order chi connectivity index (χ0) is 40.1. The zero-order valence-electron chi connectivity index (χ0n) is 31.0. The lowest BCUT2D eigenvalue weighted by Crippen LogP contribution is -2.59. The molecule has 0 saturated heterocycles. The van der Waals surface area contributed by atoms with E-state index in [1.807, 2.05) is 78.2 Å². The van der Waals surface area contributed by atoms with Crippen molar-refractivity contribution in [2.45, 2.75) is 62.7 Å². The highest BCUT2D eigenvalue weighted by molar-refractivity contribution is 7.09. The van der Waals surface area contributed by atoms with Crippen LogP contribution in [0.4, 0.5) is 5.69 Å². The van der Waals surface area contributed by atoms with Gasteiger partial charge in [0.05, 0.1) is 0 Å². The summed E-state index contributed by atoms with van der Waals surface area (Å²) in [7, 11) is 0. The van der Waals surface area contributed by atoms with Crippen LogP contribution < -0.4 is 26.6 Å². The average Bonchev–Trinajstić information content (AvgIpc) is 3.73. The normalized spacial score (nSPS) is 19.9. The van der Waals surface area contributed by atoms with Gasteiger partial charge in [-0.2, -0.15) is 0 Å². The molecule has 0 spiro atoms. The Morgan fingerprint density at radius 3 is 1.70 bits per heavy atom. The molecule has 3 heterocycles. The summed E-state index contributed by atoms with van der Waals surface area (Å²) in [5.41, 5.74) is 4.40. The molecule has 0 unspecified atom stereocenters. The standard InChI is InChI=1S/C44H43N5O7S/c50-39-21-22-40(51)46-37(27-34-12-7-23-57-34)43(54)48-36(25-29-13-17-32(18-14-29)31-10-5-2-6-11-31)41(52)47-35(24-28-8-3-1-4-9-28)42(53)49-38(44(55)56)26-30-15-19-33(45-39)20-16-30/h1-20,23,35-38H,21-22,24-27H2,(H,45,50)(H,46,51)(H,47,52)(H,48,54)(H,49,53)(H,55,56)/t35-,36+,37+,38+/m0/s1. The van der Waals surface area contributed by atoms with Crippen LogP contribution in [-0.2, 0) is 54.5 Å². The molecule has 57 heavy (non-hydrogen) atoms. The fraction of sp³-hybridized carbons (Fsp3) is 0.227. The third-order valence-electron chi connectivity index (χ3n) is 9.56. The third-order valence-corrected chi connectivity index (χ3v) is 10.5. The van der Waals surface area contributed by atoms with Crippen molar-refractivity contribution in [1.29, 1.82) is 0 Å². The summed E-state index contributed by atoms with van der Waals surface area (Å²) in [4.78, 5) is 81.8. The minimum absolute atomic E-state index is 0.0275. The molecule has 7 rings (SSSR count). The van der Waals surface area contributed by atoms with Crippen molar-refractivity contribution >= 4 is 52.5 Å². The first kappa shape index (κ1) is 40.1. The number of amides is 5. The number of carboxylic acids is 1. The lowest BCUT2D eigenvalue weighted by molar-refractivity contribution is -0.142. The molecule has 13 heteroatoms. The highest BCUT2D eigenvalue weighted by atomic mass is 32.1. The predicted molar refractivity (Wildman–Crippen MR) is 217 cm³/mol. The number of carbonyl (C=O) groups is 6. The van der Waals surface area contributed by atoms with E-state index in [9.17, 15) is 33.9 Å². The molecule has 4 atom stereocenters. The molecular weight excluding hydrogens is 743 g/mol. The molecule has 2 bridgehead atoms. The van der Waals surface area contributed by atoms with Gasteiger partial charge in [0.2, 0.25) is 29.5 Å². The maximum Gasteiger partial charge on any atom is 0.326 e. The van der Waals surface area contributed by atoms with Gasteiger partial charge in [0.25, 0.3) is 0 Å². The first-order valence-electron chi connectivity index (χ1n) is 18.6. The van der Waals surface area contributed by atoms with Gasteiger partial charge in [-0.1, -0.05) is 103 Å². The van der Waals surface area contributed by atoms with Gasteiger partial charge < -0.3 is 31.7 Å². The van der Waals surface area contributed by atoms with Gasteiger partial charge in [-0.15, -0.1) is 11.3 Å². The summed E-state index contributed by atoms with van der Waals surface area (Å²) in [5.74, 6) is -4.28. The first-order valence-corrected chi connectivity index (χ1v) is 19.5. The smallest absolute Gasteiger partial charge is 0.326 e. The summed E-state index contributed by atoms with van der Waals surface area (Å²) < 4.78 is 0. The second-order valence-corrected chi connectivity index (χ2v) is 14.9. The maximum atomic E-state index is 14.4. The number of thiophene rings is 1. The number of hydrogen-bond acceptors (Lipinski definition) is 7. The van der Waals surface area contributed by atoms with Crippen LogP contribution in [-0.4, -0.2) is 64.8 Å². The van der Waals surface area contributed by atoms with Crippen molar-refractivity contribution in [2.24, 2.45) is 0 Å². The molecule has 5 aromatic rings. The molecule has 0 radical (unpaired) electrons. The van der Waals surface area contributed by atoms with Crippen molar-refractivity contribution in [1.82, 2.24) is 21.3 Å². The van der Waals surface area contributed by atoms with Gasteiger partial charge >= 0.3 is 5.97 Å². The van der Waals surface area contributed by atoms with Crippen LogP contribution >= 0.6 is 11.3 Å². The number of nitrogens with one attached hydrogen (secondary N) is 5. The van der Waals surface area contributed by atoms with Crippen LogP contribution in [0.25, 0.3) is 11.1 Å². The van der Waals surface area contributed by atoms with E-state index in [0.717, 1.165) is 16.0 Å². The Hall–Kier alpha value is -6.60. The highest BCUT2D eigenvalue weighted by Crippen LogP contribution is 2.21. The number of anilines is 1. The first-order chi connectivity index (χ1) is 27.6. The number of carbonyl (C=O) groups excluding carboxylic acids is 5. The minimum Gasteiger partial charge on any atom is -0.480 e. The Morgan fingerprint density at radius 2 is 1.11 bits per heavy atom. The lowest BCUT2D eigenvalue weighted by atomic mass is 9.99. The van der Waals surface area contributed by atoms with Gasteiger partial charge in [0.1, 0.15) is 24.2 Å². The zero-order valence-corrected chi connectivity index (χ0v) is 31.8. The molecule has 2 aliphatic rings. The van der Waals surface area contributed by atoms with Gasteiger partial charge in [0, 0.05) is 49.1 Å². The van der Waals surface area contributed by atoms with Crippen LogP contribution in [0, 0.1) is 0 Å². The summed E-state index contributed by atoms with van der Waals surface area (Å²) in [6.45, 7) is 0. The number of aliphatic carboxylic acids is 1. The molecule has 292 valence electrons. The van der Waals surface area contributed by atoms with E-state index in [0.29, 0.717) is 22.4 Å². The lowest BCUT2D eigenvalue weighted by Gasteiger charge is -2.26. The van der Waals surface area contributed by atoms with E-state index in [1.54, 1.807) is 48.5 Å². The fourth-order valence-corrected chi connectivity index (χ4v) is 7.25. The SMILES string of the molecule is O=C1CCC(=O)N[C@H](Cc2cccs2)C(=O)N[C@H](Cc2ccc(-c3ccccc3)cc2)C(=O)N[C@@H](Cc2ccccc2)C(=O)N[C@@H](C(=O)O)Cc2ccc(cc2)N1. The molecule has 5 amide bonds. The van der Waals surface area contributed by atoms with Crippen LogP contribution in [0.5, 0.6) is 0 Å². The third kappa shape index (κ3) is 11.7. The Morgan fingerprint density at radius 1 is 0.561 bits per heavy atom. The highest BCUT2D eigenvalue weighted by Gasteiger charge is 2.32. The number of rotatable bonds is 8. The number of hydrogen-bond donors (Lipinski definition) is 6. The molecule has 2 aliphatic heterocycles. The molecule has 0 aliphatic carbocycles. The largest absolute Gasteiger partial charge is 0.480 e. The van der Waals surface area contributed by atoms with Crippen molar-refractivity contribution in [3.8, 4) is 11.1 Å². The Kier molecular flexibility index (Phi) is 13.6. The Bertz CT molecular complexity index is 2160. The van der Waals surface area contributed by atoms with Crippen molar-refractivity contribution in [3.05, 3.63) is 148 Å². The molecule has 6 N–H and O–H groups in total. The van der Waals surface area contributed by atoms with Crippen molar-refractivity contribution < 1.29 is 33.9 Å². The number of carboxylic acid groups (broad SMARTS) is 1. The van der Waals surface area contributed by atoms with Crippen molar-refractivity contribution in [2.75, 3.05) is 5.32 Å². The van der Waals surface area contributed by atoms with Crippen LogP contribution in [0.15, 0.2) is 127 Å². The second-order valence-electron chi connectivity index (χ2n) is 13.8. The van der Waals surface area contributed by atoms with E-state index >= 15 is 0 Å². The maximum absolute atomic E-state index is 14.4. The molecule has 0 saturated carbocycles. The van der Waals surface area contributed by atoms with Gasteiger partial charge in [-0.3, -0.25) is 24.0 Å². The predicted octanol–water partition coefficient (Wildman–Crippen LogP) is 4.44. The van der Waals surface area contributed by atoms with Crippen LogP contribution in [0.3, 0.4) is 0 Å². The number of fused-ring (bicyclic) bond motifs is 18. The van der Waals surface area contributed by atoms with Crippen LogP contribution in [0.1, 0.15) is 34.4 Å². The monoisotopic (exact) mass is 785 g/mol. The van der Waals surface area contributed by atoms with Crippen LogP contribution in [0.2, 0.25) is 0 Å². The van der Waals surface area contributed by atoms with E-state index in [4.69, 9.17) is 0 Å². The Labute approximate surface area is 334 Å². The van der Waals surface area contributed by atoms with E-state index in [1.165, 1.54) is 11.3 Å². The Balaban J connectivity index is 1.34. The second kappa shape index (κ2) is 19.3. The fourth-order valence-electron chi connectivity index (χ4n) is 6.50. The van der Waals surface area contributed by atoms with Gasteiger partial charge in [-0.25, -0.2) is 4.79 Å². The van der Waals surface area contributed by atoms with E-state index in [2.05, 4.69) is 26.6 Å². The summed E-state index contributed by atoms with van der Waals surface area (Å²) >= 11 is 1.41. The van der Waals surface area contributed by atoms with Crippen molar-refractivity contribution in [3.63, 3.8) is 0 Å². The molecule has 1 aromatic heterocycles. The molecular formula is C44H43N5O7S. The quantitative estimate of drug-likeness (QED) is 0.126. The summed E-state index contributed by atoms with van der Waals surface area (Å²) in [6.07, 6.45) is -0.261. The summed E-state index contributed by atoms with van der Waals surface area (Å²) in [5, 5.41) is 25.7. The van der Waals surface area contributed by atoms with Gasteiger partial charge in [0.15, 0.2) is 0 Å². The van der Waals surface area contributed by atoms with E-state index < -0.39 is 59.7 Å². The average molecular weight is 786 g/mol. The van der Waals surface area contributed by atoms with Gasteiger partial charge in [-0.05, 0) is 51.4 Å². The number of benzene rings is 4.